The molecule has 1 saturated carbocycles. The van der Waals surface area contributed by atoms with E-state index in [1.165, 1.54) is 3.57 Å². The van der Waals surface area contributed by atoms with Crippen molar-refractivity contribution >= 4 is 56.1 Å². The van der Waals surface area contributed by atoms with Crippen LogP contribution in [0.4, 0.5) is 0 Å². The molecule has 1 aliphatic carbocycles. The van der Waals surface area contributed by atoms with Crippen molar-refractivity contribution in [1.29, 1.82) is 0 Å². The third-order valence-corrected chi connectivity index (χ3v) is 7.26. The first-order valence-electron chi connectivity index (χ1n) is 10.2. The van der Waals surface area contributed by atoms with Gasteiger partial charge < -0.3 is 14.7 Å². The summed E-state index contributed by atoms with van der Waals surface area (Å²) in [7, 11) is 0. The Bertz CT molecular complexity index is 1300. The monoisotopic (exact) mass is 536 g/mol. The highest BCUT2D eigenvalue weighted by Crippen LogP contribution is 2.36. The van der Waals surface area contributed by atoms with E-state index in [1.54, 1.807) is 6.20 Å². The number of benzene rings is 1. The van der Waals surface area contributed by atoms with Gasteiger partial charge in [-0.2, -0.15) is 0 Å². The fraction of sp³-hybridized carbons (Fsp3) is 0.364. The fourth-order valence-corrected chi connectivity index (χ4v) is 5.34. The van der Waals surface area contributed by atoms with Crippen LogP contribution < -0.4 is 5.69 Å². The van der Waals surface area contributed by atoms with Gasteiger partial charge >= 0.3 is 5.69 Å². The molecule has 0 aliphatic heterocycles. The van der Waals surface area contributed by atoms with Crippen LogP contribution in [0.15, 0.2) is 35.3 Å². The zero-order valence-electron chi connectivity index (χ0n) is 16.4. The van der Waals surface area contributed by atoms with Crippen molar-refractivity contribution in [2.75, 3.05) is 6.61 Å². The number of hydrogen-bond donors (Lipinski definition) is 2. The molecule has 1 aliphatic rings. The van der Waals surface area contributed by atoms with Crippen molar-refractivity contribution < 1.29 is 5.11 Å². The first kappa shape index (κ1) is 20.1. The van der Waals surface area contributed by atoms with E-state index in [2.05, 4.69) is 43.2 Å². The van der Waals surface area contributed by atoms with Gasteiger partial charge in [0.05, 0.1) is 22.2 Å². The highest BCUT2D eigenvalue weighted by atomic mass is 127. The Balaban J connectivity index is 1.63. The van der Waals surface area contributed by atoms with Crippen molar-refractivity contribution in [2.24, 2.45) is 0 Å². The average molecular weight is 537 g/mol. The molecule has 3 aromatic heterocycles. The third kappa shape index (κ3) is 3.46. The molecule has 1 aromatic carbocycles. The summed E-state index contributed by atoms with van der Waals surface area (Å²) in [6.07, 6.45) is 6.16. The highest BCUT2D eigenvalue weighted by Gasteiger charge is 2.28. The number of unbranched alkanes of at least 4 members (excludes halogenated alkanes) is 1. The van der Waals surface area contributed by atoms with Gasteiger partial charge in [0, 0.05) is 51.5 Å². The summed E-state index contributed by atoms with van der Waals surface area (Å²) in [5, 5.41) is 11.1. The van der Waals surface area contributed by atoms with Gasteiger partial charge in [-0.25, -0.2) is 4.79 Å². The van der Waals surface area contributed by atoms with Crippen LogP contribution in [0.2, 0.25) is 5.02 Å². The Morgan fingerprint density at radius 2 is 2.07 bits per heavy atom. The lowest BCUT2D eigenvalue weighted by Crippen LogP contribution is -2.14. The van der Waals surface area contributed by atoms with Crippen LogP contribution in [0.25, 0.3) is 21.9 Å². The third-order valence-electron chi connectivity index (χ3n) is 5.82. The van der Waals surface area contributed by atoms with Gasteiger partial charge in [-0.15, -0.1) is 0 Å². The van der Waals surface area contributed by atoms with Crippen LogP contribution in [0, 0.1) is 3.57 Å². The van der Waals surface area contributed by atoms with Gasteiger partial charge in [-0.1, -0.05) is 17.7 Å². The highest BCUT2D eigenvalue weighted by molar-refractivity contribution is 14.1. The standard InChI is InChI=1S/C22H22ClIN4O2/c23-13-3-6-15-18(11-13)27(9-1-2-10-29)19(20(15)24)12-16-21-17(7-8-25-16)28(14-4-5-14)22(30)26-21/h3,6-8,11,14,29H,1-2,4-5,9-10,12H2,(H,26,30). The molecule has 8 heteroatoms. The number of H-pyrrole nitrogens is 1. The largest absolute Gasteiger partial charge is 0.396 e. The molecule has 3 heterocycles. The Morgan fingerprint density at radius 3 is 2.83 bits per heavy atom. The number of nitrogens with zero attached hydrogens (tertiary/aromatic N) is 3. The molecule has 0 spiro atoms. The number of pyridine rings is 1. The fourth-order valence-electron chi connectivity index (χ4n) is 4.24. The Kier molecular flexibility index (Phi) is 5.37. The van der Waals surface area contributed by atoms with Crippen LogP contribution in [0.5, 0.6) is 0 Å². The van der Waals surface area contributed by atoms with Gasteiger partial charge in [0.1, 0.15) is 0 Å². The van der Waals surface area contributed by atoms with Crippen molar-refractivity contribution in [1.82, 2.24) is 19.1 Å². The van der Waals surface area contributed by atoms with Gasteiger partial charge in [-0.05, 0) is 66.5 Å². The van der Waals surface area contributed by atoms with E-state index in [4.69, 9.17) is 11.6 Å². The number of aliphatic hydroxyl groups excluding tert-OH is 1. The lowest BCUT2D eigenvalue weighted by Gasteiger charge is -2.12. The van der Waals surface area contributed by atoms with Crippen LogP contribution in [-0.2, 0) is 13.0 Å². The molecule has 0 atom stereocenters. The maximum atomic E-state index is 12.5. The molecular weight excluding hydrogens is 515 g/mol. The molecule has 156 valence electrons. The summed E-state index contributed by atoms with van der Waals surface area (Å²) in [5.41, 5.74) is 4.84. The minimum atomic E-state index is -0.0493. The molecule has 6 nitrogen and oxygen atoms in total. The van der Waals surface area contributed by atoms with Crippen molar-refractivity contribution in [3.63, 3.8) is 0 Å². The molecule has 0 unspecified atom stereocenters. The number of fused-ring (bicyclic) bond motifs is 2. The summed E-state index contributed by atoms with van der Waals surface area (Å²) in [5.74, 6) is 0. The second-order valence-corrected chi connectivity index (χ2v) is 9.38. The van der Waals surface area contributed by atoms with Crippen LogP contribution in [0.1, 0.15) is 43.1 Å². The van der Waals surface area contributed by atoms with Crippen molar-refractivity contribution in [3.8, 4) is 0 Å². The predicted octanol–water partition coefficient (Wildman–Crippen LogP) is 4.64. The summed E-state index contributed by atoms with van der Waals surface area (Å²) in [6, 6.07) is 8.22. The topological polar surface area (TPSA) is 75.8 Å². The Labute approximate surface area is 192 Å². The minimum absolute atomic E-state index is 0.0493. The first-order chi connectivity index (χ1) is 14.6. The number of aryl methyl sites for hydroxylation is 1. The van der Waals surface area contributed by atoms with E-state index < -0.39 is 0 Å². The van der Waals surface area contributed by atoms with E-state index in [-0.39, 0.29) is 12.3 Å². The van der Waals surface area contributed by atoms with E-state index in [0.29, 0.717) is 17.5 Å². The Hall–Kier alpha value is -1.84. The number of aliphatic hydroxyl groups is 1. The number of nitrogens with one attached hydrogen (secondary N) is 1. The molecule has 0 bridgehead atoms. The second-order valence-electron chi connectivity index (χ2n) is 7.86. The number of aromatic nitrogens is 4. The minimum Gasteiger partial charge on any atom is -0.396 e. The number of aromatic amines is 1. The number of hydrogen-bond acceptors (Lipinski definition) is 3. The molecule has 30 heavy (non-hydrogen) atoms. The summed E-state index contributed by atoms with van der Waals surface area (Å²) in [4.78, 5) is 20.2. The SMILES string of the molecule is O=c1[nH]c2c(Cc3c(I)c4ccc(Cl)cc4n3CCCCO)nccc2n1C1CC1. The molecule has 0 radical (unpaired) electrons. The van der Waals surface area contributed by atoms with E-state index in [1.807, 2.05) is 22.8 Å². The van der Waals surface area contributed by atoms with E-state index in [0.717, 1.165) is 65.6 Å². The summed E-state index contributed by atoms with van der Waals surface area (Å²) >= 11 is 8.69. The normalized spacial score (nSPS) is 14.2. The van der Waals surface area contributed by atoms with E-state index >= 15 is 0 Å². The quantitative estimate of drug-likeness (QED) is 0.267. The van der Waals surface area contributed by atoms with E-state index in [9.17, 15) is 9.90 Å². The molecule has 5 rings (SSSR count). The van der Waals surface area contributed by atoms with Crippen LogP contribution in [-0.4, -0.2) is 30.8 Å². The van der Waals surface area contributed by atoms with Gasteiger partial charge in [-0.3, -0.25) is 9.55 Å². The second kappa shape index (κ2) is 8.01. The maximum Gasteiger partial charge on any atom is 0.326 e. The molecule has 1 fully saturated rings. The molecule has 2 N–H and O–H groups in total. The van der Waals surface area contributed by atoms with Crippen LogP contribution >= 0.6 is 34.2 Å². The number of halogens is 2. The Morgan fingerprint density at radius 1 is 1.23 bits per heavy atom. The molecule has 0 amide bonds. The lowest BCUT2D eigenvalue weighted by molar-refractivity contribution is 0.281. The smallest absolute Gasteiger partial charge is 0.326 e. The van der Waals surface area contributed by atoms with Crippen molar-refractivity contribution in [3.05, 3.63) is 60.9 Å². The number of rotatable bonds is 7. The van der Waals surface area contributed by atoms with Crippen molar-refractivity contribution in [2.45, 2.75) is 44.7 Å². The predicted molar refractivity (Wildman–Crippen MR) is 127 cm³/mol. The first-order valence-corrected chi connectivity index (χ1v) is 11.7. The zero-order valence-corrected chi connectivity index (χ0v) is 19.3. The average Bonchev–Trinajstić information content (AvgIpc) is 3.46. The molecular formula is C22H22ClIN4O2. The number of imidazole rings is 1. The maximum absolute atomic E-state index is 12.5. The van der Waals surface area contributed by atoms with Crippen LogP contribution in [0.3, 0.4) is 0 Å². The summed E-state index contributed by atoms with van der Waals surface area (Å²) < 4.78 is 5.34. The summed E-state index contributed by atoms with van der Waals surface area (Å²) in [6.45, 7) is 0.981. The lowest BCUT2D eigenvalue weighted by atomic mass is 10.1. The van der Waals surface area contributed by atoms with Gasteiger partial charge in [0.15, 0.2) is 0 Å². The zero-order chi connectivity index (χ0) is 20.8. The molecule has 4 aromatic rings. The molecule has 0 saturated heterocycles. The van der Waals surface area contributed by atoms with Gasteiger partial charge in [0.2, 0.25) is 0 Å². The van der Waals surface area contributed by atoms with Gasteiger partial charge in [0.25, 0.3) is 0 Å².